The van der Waals surface area contributed by atoms with Crippen molar-refractivity contribution in [3.8, 4) is 5.75 Å². The number of nitrogens with one attached hydrogen (secondary N) is 3. The highest BCUT2D eigenvalue weighted by Gasteiger charge is 2.32. The summed E-state index contributed by atoms with van der Waals surface area (Å²) in [6.07, 6.45) is -0.398. The summed E-state index contributed by atoms with van der Waals surface area (Å²) >= 11 is 0. The Morgan fingerprint density at radius 1 is 0.838 bits per heavy atom. The third-order valence-electron chi connectivity index (χ3n) is 5.58. The Bertz CT molecular complexity index is 949. The zero-order valence-electron chi connectivity index (χ0n) is 21.6. The van der Waals surface area contributed by atoms with Crippen LogP contribution in [0.2, 0.25) is 0 Å². The SMILES string of the molecule is CC(C)CC(NC(=O)C(CCC(=O)O)NC(=O)C(N)Cc1ccc(O)cc1)C(=O)NC(C(=O)O)C(C)C. The fourth-order valence-corrected chi connectivity index (χ4v) is 3.54. The van der Waals surface area contributed by atoms with Crippen molar-refractivity contribution in [1.82, 2.24) is 16.0 Å². The Morgan fingerprint density at radius 2 is 1.38 bits per heavy atom. The maximum absolute atomic E-state index is 13.1. The minimum Gasteiger partial charge on any atom is -0.508 e. The normalized spacial score (nSPS) is 14.4. The number of carboxylic acid groups (broad SMARTS) is 2. The lowest BCUT2D eigenvalue weighted by Gasteiger charge is -2.26. The van der Waals surface area contributed by atoms with Crippen LogP contribution >= 0.6 is 0 Å². The van der Waals surface area contributed by atoms with Crippen molar-refractivity contribution in [2.75, 3.05) is 0 Å². The summed E-state index contributed by atoms with van der Waals surface area (Å²) in [4.78, 5) is 61.3. The Morgan fingerprint density at radius 3 is 1.86 bits per heavy atom. The van der Waals surface area contributed by atoms with E-state index in [1.54, 1.807) is 26.0 Å². The zero-order valence-corrected chi connectivity index (χ0v) is 21.6. The largest absolute Gasteiger partial charge is 0.508 e. The van der Waals surface area contributed by atoms with Crippen LogP contribution in [0, 0.1) is 11.8 Å². The van der Waals surface area contributed by atoms with Crippen LogP contribution in [0.1, 0.15) is 52.5 Å². The predicted molar refractivity (Wildman–Crippen MR) is 134 cm³/mol. The van der Waals surface area contributed by atoms with Gasteiger partial charge in [-0.3, -0.25) is 19.2 Å². The van der Waals surface area contributed by atoms with Crippen LogP contribution in [0.25, 0.3) is 0 Å². The first-order valence-corrected chi connectivity index (χ1v) is 12.1. The molecule has 8 N–H and O–H groups in total. The summed E-state index contributed by atoms with van der Waals surface area (Å²) in [5, 5.41) is 35.3. The molecule has 0 saturated heterocycles. The van der Waals surface area contributed by atoms with Gasteiger partial charge in [0.15, 0.2) is 0 Å². The summed E-state index contributed by atoms with van der Waals surface area (Å²) in [5.41, 5.74) is 6.64. The van der Waals surface area contributed by atoms with Gasteiger partial charge in [0, 0.05) is 6.42 Å². The van der Waals surface area contributed by atoms with Gasteiger partial charge in [-0.05, 0) is 48.8 Å². The molecule has 1 aromatic rings. The molecule has 4 atom stereocenters. The topological polar surface area (TPSA) is 208 Å². The average molecular weight is 523 g/mol. The van der Waals surface area contributed by atoms with Gasteiger partial charge in [0.25, 0.3) is 0 Å². The predicted octanol–water partition coefficient (Wildman–Crippen LogP) is 0.368. The monoisotopic (exact) mass is 522 g/mol. The molecule has 0 aliphatic carbocycles. The summed E-state index contributed by atoms with van der Waals surface area (Å²) in [6, 6.07) is 1.43. The second kappa shape index (κ2) is 14.8. The van der Waals surface area contributed by atoms with E-state index in [-0.39, 0.29) is 30.9 Å². The van der Waals surface area contributed by atoms with Crippen molar-refractivity contribution in [3.05, 3.63) is 29.8 Å². The smallest absolute Gasteiger partial charge is 0.326 e. The fourth-order valence-electron chi connectivity index (χ4n) is 3.54. The summed E-state index contributed by atoms with van der Waals surface area (Å²) in [6.45, 7) is 6.90. The summed E-state index contributed by atoms with van der Waals surface area (Å²) < 4.78 is 0. The lowest BCUT2D eigenvalue weighted by Crippen LogP contribution is -2.58. The molecule has 4 unspecified atom stereocenters. The number of aliphatic carboxylic acids is 2. The second-order valence-electron chi connectivity index (χ2n) is 9.73. The molecule has 0 radical (unpaired) electrons. The molecule has 0 heterocycles. The molecule has 0 saturated carbocycles. The van der Waals surface area contributed by atoms with Crippen LogP contribution in [0.3, 0.4) is 0 Å². The number of phenols is 1. The molecular weight excluding hydrogens is 484 g/mol. The van der Waals surface area contributed by atoms with Crippen LogP contribution in [0.15, 0.2) is 24.3 Å². The highest BCUT2D eigenvalue weighted by molar-refractivity contribution is 5.94. The van der Waals surface area contributed by atoms with Gasteiger partial charge in [-0.1, -0.05) is 39.8 Å². The van der Waals surface area contributed by atoms with E-state index in [1.807, 2.05) is 13.8 Å². The van der Waals surface area contributed by atoms with Gasteiger partial charge in [-0.25, -0.2) is 4.79 Å². The molecule has 12 nitrogen and oxygen atoms in total. The van der Waals surface area contributed by atoms with Crippen molar-refractivity contribution >= 4 is 29.7 Å². The zero-order chi connectivity index (χ0) is 28.3. The number of rotatable bonds is 15. The lowest BCUT2D eigenvalue weighted by atomic mass is 9.99. The van der Waals surface area contributed by atoms with Crippen molar-refractivity contribution in [3.63, 3.8) is 0 Å². The first-order chi connectivity index (χ1) is 17.2. The highest BCUT2D eigenvalue weighted by Crippen LogP contribution is 2.12. The van der Waals surface area contributed by atoms with Crippen LogP contribution in [-0.2, 0) is 30.4 Å². The molecule has 0 fully saturated rings. The van der Waals surface area contributed by atoms with E-state index in [0.29, 0.717) is 5.56 Å². The molecule has 206 valence electrons. The average Bonchev–Trinajstić information content (AvgIpc) is 2.79. The lowest BCUT2D eigenvalue weighted by molar-refractivity contribution is -0.143. The highest BCUT2D eigenvalue weighted by atomic mass is 16.4. The number of hydrogen-bond acceptors (Lipinski definition) is 7. The second-order valence-corrected chi connectivity index (χ2v) is 9.73. The summed E-state index contributed by atoms with van der Waals surface area (Å²) in [5.74, 6) is -4.99. The molecular formula is C25H38N4O8. The minimum atomic E-state index is -1.29. The number of benzene rings is 1. The van der Waals surface area contributed by atoms with E-state index < -0.39 is 66.2 Å². The number of hydrogen-bond donors (Lipinski definition) is 7. The van der Waals surface area contributed by atoms with Crippen molar-refractivity contribution < 1.29 is 39.3 Å². The third-order valence-corrected chi connectivity index (χ3v) is 5.58. The molecule has 37 heavy (non-hydrogen) atoms. The first kappa shape index (κ1) is 31.4. The van der Waals surface area contributed by atoms with Crippen LogP contribution in [0.5, 0.6) is 5.75 Å². The standard InChI is InChI=1S/C25H38N4O8/c1-13(2)11-19(24(35)29-21(14(3)4)25(36)37)28-23(34)18(9-10-20(31)32)27-22(33)17(26)12-15-5-7-16(30)8-6-15/h5-8,13-14,17-19,21,30H,9-12,26H2,1-4H3,(H,27,33)(H,28,34)(H,29,35)(H,31,32)(H,36,37). The molecule has 0 aliphatic heterocycles. The van der Waals surface area contributed by atoms with Gasteiger partial charge in [0.1, 0.15) is 23.9 Å². The number of carboxylic acids is 2. The molecule has 3 amide bonds. The van der Waals surface area contributed by atoms with E-state index in [2.05, 4.69) is 16.0 Å². The Balaban J connectivity index is 3.00. The maximum Gasteiger partial charge on any atom is 0.326 e. The molecule has 0 aliphatic rings. The van der Waals surface area contributed by atoms with Crippen molar-refractivity contribution in [2.24, 2.45) is 17.6 Å². The Kier molecular flexibility index (Phi) is 12.5. The van der Waals surface area contributed by atoms with Gasteiger partial charge < -0.3 is 37.0 Å². The van der Waals surface area contributed by atoms with Crippen LogP contribution in [0.4, 0.5) is 0 Å². The van der Waals surface area contributed by atoms with Crippen molar-refractivity contribution in [1.29, 1.82) is 0 Å². The molecule has 12 heteroatoms. The molecule has 1 rings (SSSR count). The Labute approximate surface area is 216 Å². The fraction of sp³-hybridized carbons (Fsp3) is 0.560. The number of carbonyl (C=O) groups is 5. The summed E-state index contributed by atoms with van der Waals surface area (Å²) in [7, 11) is 0. The van der Waals surface area contributed by atoms with E-state index in [9.17, 15) is 34.2 Å². The number of amides is 3. The number of phenolic OH excluding ortho intramolecular Hbond substituents is 1. The van der Waals surface area contributed by atoms with Crippen LogP contribution < -0.4 is 21.7 Å². The van der Waals surface area contributed by atoms with E-state index in [4.69, 9.17) is 10.8 Å². The van der Waals surface area contributed by atoms with Gasteiger partial charge in [-0.2, -0.15) is 0 Å². The van der Waals surface area contributed by atoms with Gasteiger partial charge in [0.05, 0.1) is 6.04 Å². The minimum absolute atomic E-state index is 0.0511. The van der Waals surface area contributed by atoms with Crippen LogP contribution in [-0.4, -0.2) is 69.1 Å². The van der Waals surface area contributed by atoms with Gasteiger partial charge in [0.2, 0.25) is 17.7 Å². The number of nitrogens with two attached hydrogens (primary N) is 1. The molecule has 0 bridgehead atoms. The van der Waals surface area contributed by atoms with E-state index in [0.717, 1.165) is 0 Å². The number of aromatic hydroxyl groups is 1. The molecule has 1 aromatic carbocycles. The molecule has 0 aromatic heterocycles. The third kappa shape index (κ3) is 11.3. The van der Waals surface area contributed by atoms with Gasteiger partial charge >= 0.3 is 11.9 Å². The van der Waals surface area contributed by atoms with E-state index in [1.165, 1.54) is 12.1 Å². The Hall–Kier alpha value is -3.67. The first-order valence-electron chi connectivity index (χ1n) is 12.1. The van der Waals surface area contributed by atoms with Crippen molar-refractivity contribution in [2.45, 2.75) is 77.5 Å². The van der Waals surface area contributed by atoms with E-state index >= 15 is 0 Å². The number of carbonyl (C=O) groups excluding carboxylic acids is 3. The maximum atomic E-state index is 13.1. The molecule has 0 spiro atoms. The van der Waals surface area contributed by atoms with Gasteiger partial charge in [-0.15, -0.1) is 0 Å². The quantitative estimate of drug-likeness (QED) is 0.169.